The Morgan fingerprint density at radius 1 is 1.13 bits per heavy atom. The van der Waals surface area contributed by atoms with Crippen LogP contribution in [0.5, 0.6) is 0 Å². The lowest BCUT2D eigenvalue weighted by Gasteiger charge is -2.06. The maximum atomic E-state index is 11.8. The fourth-order valence-corrected chi connectivity index (χ4v) is 2.55. The summed E-state index contributed by atoms with van der Waals surface area (Å²) < 4.78 is 0. The van der Waals surface area contributed by atoms with E-state index in [-0.39, 0.29) is 11.7 Å². The van der Waals surface area contributed by atoms with Gasteiger partial charge < -0.3 is 4.98 Å². The Hall–Kier alpha value is -2.87. The van der Waals surface area contributed by atoms with E-state index in [1.807, 2.05) is 24.3 Å². The monoisotopic (exact) mass is 327 g/mol. The van der Waals surface area contributed by atoms with Gasteiger partial charge in [-0.05, 0) is 24.3 Å². The van der Waals surface area contributed by atoms with E-state index >= 15 is 0 Å². The van der Waals surface area contributed by atoms with Crippen molar-refractivity contribution in [3.05, 3.63) is 54.4 Å². The molecule has 0 aliphatic rings. The van der Waals surface area contributed by atoms with Gasteiger partial charge in [0.2, 0.25) is 5.91 Å². The van der Waals surface area contributed by atoms with Crippen LogP contribution in [0, 0.1) is 0 Å². The predicted molar refractivity (Wildman–Crippen MR) is 86.7 cm³/mol. The SMILES string of the molecule is O=C(CSc1nc2ccccc2[nH]1)NNC(=O)c1cccnc1. The van der Waals surface area contributed by atoms with Crippen LogP contribution in [0.4, 0.5) is 0 Å². The molecule has 2 heterocycles. The zero-order chi connectivity index (χ0) is 16.1. The summed E-state index contributed by atoms with van der Waals surface area (Å²) in [6.45, 7) is 0. The molecule has 7 nitrogen and oxygen atoms in total. The minimum atomic E-state index is -0.416. The topological polar surface area (TPSA) is 99.8 Å². The van der Waals surface area contributed by atoms with Crippen molar-refractivity contribution < 1.29 is 9.59 Å². The molecule has 3 aromatic rings. The molecule has 0 saturated heterocycles. The molecule has 0 fully saturated rings. The molecule has 0 unspecified atom stereocenters. The molecule has 3 N–H and O–H groups in total. The van der Waals surface area contributed by atoms with Crippen LogP contribution in [0.1, 0.15) is 10.4 Å². The van der Waals surface area contributed by atoms with E-state index in [0.29, 0.717) is 10.7 Å². The third kappa shape index (κ3) is 3.86. The van der Waals surface area contributed by atoms with Gasteiger partial charge in [0.15, 0.2) is 5.16 Å². The number of fused-ring (bicyclic) bond motifs is 1. The van der Waals surface area contributed by atoms with Crippen LogP contribution < -0.4 is 10.9 Å². The highest BCUT2D eigenvalue weighted by molar-refractivity contribution is 7.99. The van der Waals surface area contributed by atoms with E-state index in [2.05, 4.69) is 25.8 Å². The number of thioether (sulfide) groups is 1. The van der Waals surface area contributed by atoms with Crippen molar-refractivity contribution >= 4 is 34.6 Å². The average Bonchev–Trinajstić information content (AvgIpc) is 3.01. The van der Waals surface area contributed by atoms with Gasteiger partial charge in [-0.25, -0.2) is 4.98 Å². The lowest BCUT2D eigenvalue weighted by atomic mass is 10.3. The quantitative estimate of drug-likeness (QED) is 0.498. The maximum Gasteiger partial charge on any atom is 0.271 e. The zero-order valence-corrected chi connectivity index (χ0v) is 12.8. The van der Waals surface area contributed by atoms with Gasteiger partial charge in [-0.1, -0.05) is 23.9 Å². The molecule has 116 valence electrons. The van der Waals surface area contributed by atoms with E-state index in [0.717, 1.165) is 11.0 Å². The van der Waals surface area contributed by atoms with Gasteiger partial charge in [0, 0.05) is 12.4 Å². The first-order valence-corrected chi connectivity index (χ1v) is 7.78. The highest BCUT2D eigenvalue weighted by Gasteiger charge is 2.09. The lowest BCUT2D eigenvalue weighted by Crippen LogP contribution is -2.42. The van der Waals surface area contributed by atoms with Gasteiger partial charge in [-0.2, -0.15) is 0 Å². The summed E-state index contributed by atoms with van der Waals surface area (Å²) in [4.78, 5) is 34.8. The van der Waals surface area contributed by atoms with E-state index in [9.17, 15) is 9.59 Å². The molecule has 1 aromatic carbocycles. The molecule has 0 atom stereocenters. The van der Waals surface area contributed by atoms with E-state index in [4.69, 9.17) is 0 Å². The molecule has 3 rings (SSSR count). The summed E-state index contributed by atoms with van der Waals surface area (Å²) >= 11 is 1.26. The van der Waals surface area contributed by atoms with Gasteiger partial charge in [-0.3, -0.25) is 25.4 Å². The van der Waals surface area contributed by atoms with Crippen molar-refractivity contribution in [1.82, 2.24) is 25.8 Å². The fraction of sp³-hybridized carbons (Fsp3) is 0.0667. The molecule has 8 heteroatoms. The van der Waals surface area contributed by atoms with Gasteiger partial charge in [0.25, 0.3) is 5.91 Å². The van der Waals surface area contributed by atoms with Gasteiger partial charge in [0.1, 0.15) is 0 Å². The lowest BCUT2D eigenvalue weighted by molar-refractivity contribution is -0.119. The van der Waals surface area contributed by atoms with Crippen LogP contribution in [0.15, 0.2) is 53.9 Å². The number of nitrogens with zero attached hydrogens (tertiary/aromatic N) is 2. The number of H-pyrrole nitrogens is 1. The molecule has 0 spiro atoms. The standard InChI is InChI=1S/C15H13N5O2S/c21-13(19-20-14(22)10-4-3-7-16-8-10)9-23-15-17-11-5-1-2-6-12(11)18-15/h1-8H,9H2,(H,17,18)(H,19,21)(H,20,22). The second-order valence-corrected chi connectivity index (χ2v) is 5.56. The Morgan fingerprint density at radius 2 is 2.00 bits per heavy atom. The minimum absolute atomic E-state index is 0.132. The van der Waals surface area contributed by atoms with Crippen molar-refractivity contribution in [2.45, 2.75) is 5.16 Å². The van der Waals surface area contributed by atoms with Crippen LogP contribution in [0.25, 0.3) is 11.0 Å². The van der Waals surface area contributed by atoms with Crippen LogP contribution in [0.3, 0.4) is 0 Å². The van der Waals surface area contributed by atoms with Crippen LogP contribution in [0.2, 0.25) is 0 Å². The van der Waals surface area contributed by atoms with Gasteiger partial charge in [0.05, 0.1) is 22.3 Å². The first-order chi connectivity index (χ1) is 11.2. The van der Waals surface area contributed by atoms with E-state index in [1.165, 1.54) is 18.0 Å². The Labute approximate surface area is 135 Å². The summed E-state index contributed by atoms with van der Waals surface area (Å²) in [5, 5.41) is 0.653. The van der Waals surface area contributed by atoms with Crippen LogP contribution in [-0.2, 0) is 4.79 Å². The largest absolute Gasteiger partial charge is 0.333 e. The minimum Gasteiger partial charge on any atom is -0.333 e. The molecule has 0 radical (unpaired) electrons. The molecule has 0 aliphatic heterocycles. The fourth-order valence-electron chi connectivity index (χ4n) is 1.86. The molecular formula is C15H13N5O2S. The summed E-state index contributed by atoms with van der Waals surface area (Å²) in [5.74, 6) is -0.611. The number of hydrogen-bond acceptors (Lipinski definition) is 5. The number of pyridine rings is 1. The average molecular weight is 327 g/mol. The van der Waals surface area contributed by atoms with Crippen molar-refractivity contribution in [2.24, 2.45) is 0 Å². The number of imidazole rings is 1. The second-order valence-electron chi connectivity index (χ2n) is 4.59. The number of carbonyl (C=O) groups is 2. The van der Waals surface area contributed by atoms with Gasteiger partial charge in [-0.15, -0.1) is 0 Å². The zero-order valence-electron chi connectivity index (χ0n) is 11.9. The maximum absolute atomic E-state index is 11.8. The van der Waals surface area contributed by atoms with Crippen molar-refractivity contribution in [1.29, 1.82) is 0 Å². The predicted octanol–water partition coefficient (Wildman–Crippen LogP) is 1.51. The summed E-state index contributed by atoms with van der Waals surface area (Å²) in [7, 11) is 0. The van der Waals surface area contributed by atoms with Crippen molar-refractivity contribution in [2.75, 3.05) is 5.75 Å². The third-order valence-corrected chi connectivity index (χ3v) is 3.82. The molecule has 0 bridgehead atoms. The molecule has 2 aromatic heterocycles. The van der Waals surface area contributed by atoms with E-state index in [1.54, 1.807) is 18.3 Å². The number of benzene rings is 1. The van der Waals surface area contributed by atoms with Crippen molar-refractivity contribution in [3.63, 3.8) is 0 Å². The first kappa shape index (κ1) is 15.0. The highest BCUT2D eigenvalue weighted by atomic mass is 32.2. The second kappa shape index (κ2) is 6.93. The molecule has 2 amide bonds. The Kier molecular flexibility index (Phi) is 4.53. The number of carbonyl (C=O) groups excluding carboxylic acids is 2. The first-order valence-electron chi connectivity index (χ1n) is 6.79. The summed E-state index contributed by atoms with van der Waals surface area (Å²) in [6.07, 6.45) is 2.99. The Morgan fingerprint density at radius 3 is 2.78 bits per heavy atom. The number of rotatable bonds is 4. The number of amides is 2. The molecular weight excluding hydrogens is 314 g/mol. The normalized spacial score (nSPS) is 10.4. The number of hydrogen-bond donors (Lipinski definition) is 3. The highest BCUT2D eigenvalue weighted by Crippen LogP contribution is 2.18. The molecule has 0 saturated carbocycles. The number of aromatic nitrogens is 3. The number of nitrogens with one attached hydrogen (secondary N) is 3. The Bertz CT molecular complexity index is 801. The van der Waals surface area contributed by atoms with Crippen LogP contribution >= 0.6 is 11.8 Å². The molecule has 23 heavy (non-hydrogen) atoms. The number of para-hydroxylation sites is 2. The molecule has 0 aliphatic carbocycles. The third-order valence-electron chi connectivity index (χ3n) is 2.95. The summed E-state index contributed by atoms with van der Waals surface area (Å²) in [5.41, 5.74) is 6.83. The number of aromatic amines is 1. The Balaban J connectivity index is 1.49. The van der Waals surface area contributed by atoms with Gasteiger partial charge >= 0.3 is 0 Å². The van der Waals surface area contributed by atoms with Crippen molar-refractivity contribution in [3.8, 4) is 0 Å². The van der Waals surface area contributed by atoms with E-state index < -0.39 is 5.91 Å². The summed E-state index contributed by atoms with van der Waals surface area (Å²) in [6, 6.07) is 10.9. The van der Waals surface area contributed by atoms with Crippen LogP contribution in [-0.4, -0.2) is 32.5 Å². The number of hydrazine groups is 1. The smallest absolute Gasteiger partial charge is 0.271 e.